The van der Waals surface area contributed by atoms with Crippen LogP contribution in [0.25, 0.3) is 0 Å². The fourth-order valence-electron chi connectivity index (χ4n) is 2.37. The van der Waals surface area contributed by atoms with Crippen molar-refractivity contribution in [2.75, 3.05) is 0 Å². The number of nitrogens with zero attached hydrogens (tertiary/aromatic N) is 1. The summed E-state index contributed by atoms with van der Waals surface area (Å²) in [5, 5.41) is 14.2. The molecule has 0 aliphatic carbocycles. The quantitative estimate of drug-likeness (QED) is 0.416. The topological polar surface area (TPSA) is 70.9 Å². The molecule has 0 radical (unpaired) electrons. The molecule has 0 fully saturated rings. The average molecular weight is 433 g/mol. The molecule has 1 amide bonds. The molecule has 3 aromatic rings. The predicted molar refractivity (Wildman–Crippen MR) is 110 cm³/mol. The minimum Gasteiger partial charge on any atom is -0.507 e. The third-order valence-electron chi connectivity index (χ3n) is 3.87. The van der Waals surface area contributed by atoms with Crippen LogP contribution in [0.5, 0.6) is 11.5 Å². The van der Waals surface area contributed by atoms with Crippen LogP contribution in [0.2, 0.25) is 10.0 Å². The Labute approximate surface area is 176 Å². The summed E-state index contributed by atoms with van der Waals surface area (Å²) < 4.78 is 18.7. The van der Waals surface area contributed by atoms with Crippen molar-refractivity contribution < 1.29 is 19.0 Å². The number of carbonyl (C=O) groups is 1. The largest absolute Gasteiger partial charge is 0.507 e. The van der Waals surface area contributed by atoms with Gasteiger partial charge in [0.1, 0.15) is 23.9 Å². The van der Waals surface area contributed by atoms with E-state index in [1.165, 1.54) is 36.5 Å². The van der Waals surface area contributed by atoms with Crippen LogP contribution >= 0.6 is 23.2 Å². The summed E-state index contributed by atoms with van der Waals surface area (Å²) in [5.41, 5.74) is 3.74. The van der Waals surface area contributed by atoms with Crippen LogP contribution in [0, 0.1) is 5.82 Å². The first-order valence-corrected chi connectivity index (χ1v) is 9.16. The normalized spacial score (nSPS) is 10.9. The van der Waals surface area contributed by atoms with Gasteiger partial charge in [-0.3, -0.25) is 4.79 Å². The number of halogens is 3. The van der Waals surface area contributed by atoms with Crippen molar-refractivity contribution in [2.24, 2.45) is 5.10 Å². The Morgan fingerprint density at radius 1 is 1.10 bits per heavy atom. The lowest BCUT2D eigenvalue weighted by Crippen LogP contribution is -2.17. The number of hydrogen-bond donors (Lipinski definition) is 2. The number of hydrazone groups is 1. The van der Waals surface area contributed by atoms with E-state index in [9.17, 15) is 14.3 Å². The lowest BCUT2D eigenvalue weighted by Gasteiger charge is -2.08. The van der Waals surface area contributed by atoms with E-state index in [4.69, 9.17) is 27.9 Å². The molecule has 0 unspecified atom stereocenters. The van der Waals surface area contributed by atoms with Crippen molar-refractivity contribution in [3.8, 4) is 11.5 Å². The van der Waals surface area contributed by atoms with Gasteiger partial charge in [-0.15, -0.1) is 0 Å². The number of phenolic OH excluding ortho intramolecular Hbond substituents is 1. The number of phenols is 1. The minimum absolute atomic E-state index is 0.0258. The second-order valence-electron chi connectivity index (χ2n) is 5.95. The third-order valence-corrected chi connectivity index (χ3v) is 4.46. The van der Waals surface area contributed by atoms with E-state index >= 15 is 0 Å². The molecule has 8 heteroatoms. The number of rotatable bonds is 6. The zero-order valence-electron chi connectivity index (χ0n) is 14.9. The Bertz CT molecular complexity index is 1060. The fraction of sp³-hybridized carbons (Fsp3) is 0.0476. The van der Waals surface area contributed by atoms with Crippen molar-refractivity contribution in [2.45, 2.75) is 6.61 Å². The number of hydrogen-bond acceptors (Lipinski definition) is 4. The second kappa shape index (κ2) is 9.41. The molecule has 29 heavy (non-hydrogen) atoms. The molecule has 0 aliphatic heterocycles. The van der Waals surface area contributed by atoms with Crippen molar-refractivity contribution in [3.63, 3.8) is 0 Å². The molecule has 0 aliphatic rings. The molecule has 0 saturated carbocycles. The van der Waals surface area contributed by atoms with Crippen molar-refractivity contribution >= 4 is 35.3 Å². The summed E-state index contributed by atoms with van der Waals surface area (Å²) in [6.07, 6.45) is 1.44. The lowest BCUT2D eigenvalue weighted by molar-refractivity contribution is 0.0952. The lowest BCUT2D eigenvalue weighted by atomic mass is 10.2. The monoisotopic (exact) mass is 432 g/mol. The highest BCUT2D eigenvalue weighted by Crippen LogP contribution is 2.22. The van der Waals surface area contributed by atoms with Crippen LogP contribution in [0.15, 0.2) is 65.8 Å². The van der Waals surface area contributed by atoms with Crippen molar-refractivity contribution in [1.82, 2.24) is 5.43 Å². The summed E-state index contributed by atoms with van der Waals surface area (Å²) in [6.45, 7) is 0.200. The van der Waals surface area contributed by atoms with Crippen molar-refractivity contribution in [3.05, 3.63) is 93.2 Å². The van der Waals surface area contributed by atoms with E-state index in [0.717, 1.165) is 0 Å². The van der Waals surface area contributed by atoms with E-state index in [0.29, 0.717) is 26.9 Å². The average Bonchev–Trinajstić information content (AvgIpc) is 2.70. The maximum Gasteiger partial charge on any atom is 0.275 e. The highest BCUT2D eigenvalue weighted by atomic mass is 35.5. The van der Waals surface area contributed by atoms with Crippen molar-refractivity contribution in [1.29, 1.82) is 0 Å². The minimum atomic E-state index is -0.586. The van der Waals surface area contributed by atoms with Crippen LogP contribution < -0.4 is 10.2 Å². The molecule has 3 rings (SSSR count). The first-order chi connectivity index (χ1) is 13.9. The number of aromatic hydroxyl groups is 1. The van der Waals surface area contributed by atoms with Gasteiger partial charge in [-0.1, -0.05) is 29.3 Å². The first-order valence-electron chi connectivity index (χ1n) is 8.41. The summed E-state index contributed by atoms with van der Waals surface area (Å²) >= 11 is 11.8. The first kappa shape index (κ1) is 20.6. The Hall–Kier alpha value is -3.09. The van der Waals surface area contributed by atoms with E-state index in [-0.39, 0.29) is 17.9 Å². The molecule has 3 aromatic carbocycles. The highest BCUT2D eigenvalue weighted by Gasteiger charge is 2.10. The van der Waals surface area contributed by atoms with Gasteiger partial charge in [-0.25, -0.2) is 9.82 Å². The number of benzene rings is 3. The molecule has 2 N–H and O–H groups in total. The zero-order chi connectivity index (χ0) is 20.8. The number of nitrogens with one attached hydrogen (secondary N) is 1. The SMILES string of the molecule is O=C(N/N=C/c1ccc(OCc2ccc(F)cc2Cl)cc1)c1cc(Cl)ccc1O. The van der Waals surface area contributed by atoms with Gasteiger partial charge in [0, 0.05) is 10.6 Å². The molecule has 0 heterocycles. The van der Waals surface area contributed by atoms with E-state index in [1.807, 2.05) is 0 Å². The van der Waals surface area contributed by atoms with Gasteiger partial charge in [0.15, 0.2) is 0 Å². The van der Waals surface area contributed by atoms with Gasteiger partial charge in [0.25, 0.3) is 5.91 Å². The maximum atomic E-state index is 13.1. The number of ether oxygens (including phenoxy) is 1. The van der Waals surface area contributed by atoms with Crippen LogP contribution in [0.1, 0.15) is 21.5 Å². The summed E-state index contributed by atoms with van der Waals surface area (Å²) in [6, 6.07) is 15.2. The Morgan fingerprint density at radius 2 is 1.86 bits per heavy atom. The Kier molecular flexibility index (Phi) is 6.69. The molecule has 5 nitrogen and oxygen atoms in total. The van der Waals surface area contributed by atoms with E-state index < -0.39 is 11.7 Å². The van der Waals surface area contributed by atoms with Gasteiger partial charge in [-0.2, -0.15) is 5.10 Å². The maximum absolute atomic E-state index is 13.1. The Balaban J connectivity index is 1.56. The predicted octanol–water partition coefficient (Wildman–Crippen LogP) is 5.18. The molecule has 0 spiro atoms. The van der Waals surface area contributed by atoms with E-state index in [2.05, 4.69) is 10.5 Å². The van der Waals surface area contributed by atoms with Gasteiger partial charge in [0.2, 0.25) is 0 Å². The van der Waals surface area contributed by atoms with Crippen LogP contribution in [0.3, 0.4) is 0 Å². The standard InChI is InChI=1S/C21H15Cl2FN2O3/c22-15-4-8-20(27)18(9-15)21(28)26-25-11-13-1-6-17(7-2-13)29-12-14-3-5-16(24)10-19(14)23/h1-11,27H,12H2,(H,26,28)/b25-11+. The molecule has 0 bridgehead atoms. The van der Waals surface area contributed by atoms with Crippen LogP contribution in [0.4, 0.5) is 4.39 Å². The third kappa shape index (κ3) is 5.70. The molecule has 0 aromatic heterocycles. The Morgan fingerprint density at radius 3 is 2.59 bits per heavy atom. The number of carbonyl (C=O) groups excluding carboxylic acids is 1. The van der Waals surface area contributed by atoms with Crippen LogP contribution in [-0.4, -0.2) is 17.2 Å². The highest BCUT2D eigenvalue weighted by molar-refractivity contribution is 6.31. The molecular formula is C21H15Cl2FN2O3. The molecular weight excluding hydrogens is 418 g/mol. The smallest absolute Gasteiger partial charge is 0.275 e. The summed E-state index contributed by atoms with van der Waals surface area (Å²) in [5.74, 6) is -0.585. The fourth-order valence-corrected chi connectivity index (χ4v) is 2.76. The van der Waals surface area contributed by atoms with E-state index in [1.54, 1.807) is 30.3 Å². The zero-order valence-corrected chi connectivity index (χ0v) is 16.4. The second-order valence-corrected chi connectivity index (χ2v) is 6.80. The van der Waals surface area contributed by atoms with Gasteiger partial charge < -0.3 is 9.84 Å². The van der Waals surface area contributed by atoms with Gasteiger partial charge in [0.05, 0.1) is 16.8 Å². The number of amides is 1. The summed E-state index contributed by atoms with van der Waals surface area (Å²) in [4.78, 5) is 12.0. The van der Waals surface area contributed by atoms with Crippen LogP contribution in [-0.2, 0) is 6.61 Å². The van der Waals surface area contributed by atoms with Gasteiger partial charge in [-0.05, 0) is 60.2 Å². The molecule has 148 valence electrons. The molecule has 0 saturated heterocycles. The molecule has 0 atom stereocenters. The van der Waals surface area contributed by atoms with Gasteiger partial charge >= 0.3 is 0 Å². The summed E-state index contributed by atoms with van der Waals surface area (Å²) in [7, 11) is 0.